The lowest BCUT2D eigenvalue weighted by Crippen LogP contribution is -2.13. The predicted octanol–water partition coefficient (Wildman–Crippen LogP) is 6.27. The van der Waals surface area contributed by atoms with Crippen molar-refractivity contribution < 1.29 is 19.2 Å². The SMILES string of the molecule is CCc1ccc([S+]([O-])c2c(C)c(C(=O)O)n(CCCOc3cc(C)c(Cl)c(C)c3)c2C)cc1. The van der Waals surface area contributed by atoms with Gasteiger partial charge in [0, 0.05) is 28.3 Å². The van der Waals surface area contributed by atoms with Crippen LogP contribution in [0.1, 0.15) is 51.8 Å². The van der Waals surface area contributed by atoms with Gasteiger partial charge in [-0.1, -0.05) is 30.7 Å². The molecule has 1 aromatic heterocycles. The van der Waals surface area contributed by atoms with Gasteiger partial charge in [-0.05, 0) is 81.5 Å². The Kier molecular flexibility index (Phi) is 8.16. The Morgan fingerprint density at radius 2 is 1.73 bits per heavy atom. The van der Waals surface area contributed by atoms with Crippen molar-refractivity contribution in [2.75, 3.05) is 6.61 Å². The number of halogens is 1. The first-order valence-corrected chi connectivity index (χ1v) is 12.5. The normalized spacial score (nSPS) is 12.1. The highest BCUT2D eigenvalue weighted by Crippen LogP contribution is 2.32. The van der Waals surface area contributed by atoms with Crippen LogP contribution in [0.5, 0.6) is 5.75 Å². The molecule has 0 bridgehead atoms. The van der Waals surface area contributed by atoms with Crippen molar-refractivity contribution in [1.29, 1.82) is 0 Å². The van der Waals surface area contributed by atoms with Crippen molar-refractivity contribution in [3.63, 3.8) is 0 Å². The van der Waals surface area contributed by atoms with Crippen molar-refractivity contribution in [3.05, 3.63) is 75.1 Å². The van der Waals surface area contributed by atoms with E-state index in [0.717, 1.165) is 28.3 Å². The van der Waals surface area contributed by atoms with Crippen LogP contribution in [-0.4, -0.2) is 26.8 Å². The van der Waals surface area contributed by atoms with E-state index < -0.39 is 17.1 Å². The number of benzene rings is 2. The van der Waals surface area contributed by atoms with Gasteiger partial charge in [-0.25, -0.2) is 4.79 Å². The zero-order chi connectivity index (χ0) is 24.3. The van der Waals surface area contributed by atoms with E-state index in [-0.39, 0.29) is 5.69 Å². The molecule has 3 aromatic rings. The molecule has 0 amide bonds. The molecule has 1 atom stereocenters. The molecule has 33 heavy (non-hydrogen) atoms. The van der Waals surface area contributed by atoms with Gasteiger partial charge in [-0.3, -0.25) is 0 Å². The molecule has 1 N–H and O–H groups in total. The van der Waals surface area contributed by atoms with Gasteiger partial charge in [0.25, 0.3) is 0 Å². The maximum absolute atomic E-state index is 13.4. The molecule has 5 nitrogen and oxygen atoms in total. The summed E-state index contributed by atoms with van der Waals surface area (Å²) in [6.45, 7) is 10.4. The van der Waals surface area contributed by atoms with Gasteiger partial charge < -0.3 is 19.0 Å². The van der Waals surface area contributed by atoms with E-state index in [9.17, 15) is 14.5 Å². The lowest BCUT2D eigenvalue weighted by molar-refractivity contribution is 0.0683. The molecule has 0 saturated heterocycles. The molecule has 176 valence electrons. The Bertz CT molecular complexity index is 1130. The number of aromatic carboxylic acids is 1. The van der Waals surface area contributed by atoms with E-state index >= 15 is 0 Å². The van der Waals surface area contributed by atoms with Crippen LogP contribution in [0.4, 0.5) is 0 Å². The van der Waals surface area contributed by atoms with Crippen LogP contribution >= 0.6 is 11.6 Å². The summed E-state index contributed by atoms with van der Waals surface area (Å²) in [4.78, 5) is 13.3. The van der Waals surface area contributed by atoms with Crippen molar-refractivity contribution in [1.82, 2.24) is 4.57 Å². The molecule has 7 heteroatoms. The number of hydrogen-bond donors (Lipinski definition) is 1. The van der Waals surface area contributed by atoms with Crippen molar-refractivity contribution >= 4 is 28.7 Å². The van der Waals surface area contributed by atoms with E-state index in [1.165, 1.54) is 5.56 Å². The van der Waals surface area contributed by atoms with E-state index in [1.807, 2.05) is 57.2 Å². The fraction of sp³-hybridized carbons (Fsp3) is 0.346. The van der Waals surface area contributed by atoms with Crippen LogP contribution in [0.2, 0.25) is 5.02 Å². The second-order valence-electron chi connectivity index (χ2n) is 8.18. The fourth-order valence-electron chi connectivity index (χ4n) is 4.07. The van der Waals surface area contributed by atoms with Gasteiger partial charge in [0.05, 0.1) is 12.3 Å². The van der Waals surface area contributed by atoms with Crippen LogP contribution in [0.15, 0.2) is 46.2 Å². The molecule has 0 saturated carbocycles. The molecule has 0 aliphatic carbocycles. The molecule has 0 fully saturated rings. The molecule has 2 aromatic carbocycles. The predicted molar refractivity (Wildman–Crippen MR) is 132 cm³/mol. The summed E-state index contributed by atoms with van der Waals surface area (Å²) in [6, 6.07) is 11.4. The zero-order valence-corrected chi connectivity index (χ0v) is 21.3. The number of carboxylic acid groups (broad SMARTS) is 1. The molecule has 0 aliphatic heterocycles. The third-order valence-corrected chi connectivity index (χ3v) is 8.11. The molecule has 0 spiro atoms. The smallest absolute Gasteiger partial charge is 0.352 e. The summed E-state index contributed by atoms with van der Waals surface area (Å²) < 4.78 is 21.0. The van der Waals surface area contributed by atoms with Gasteiger partial charge in [0.15, 0.2) is 9.79 Å². The van der Waals surface area contributed by atoms with Crippen molar-refractivity contribution in [2.24, 2.45) is 0 Å². The minimum Gasteiger partial charge on any atom is -0.606 e. The molecular weight excluding hydrogens is 458 g/mol. The van der Waals surface area contributed by atoms with Gasteiger partial charge >= 0.3 is 5.97 Å². The van der Waals surface area contributed by atoms with E-state index in [2.05, 4.69) is 6.92 Å². The highest BCUT2D eigenvalue weighted by molar-refractivity contribution is 7.91. The van der Waals surface area contributed by atoms with E-state index in [4.69, 9.17) is 16.3 Å². The quantitative estimate of drug-likeness (QED) is 0.285. The first kappa shape index (κ1) is 25.2. The molecule has 3 rings (SSSR count). The summed E-state index contributed by atoms with van der Waals surface area (Å²) in [5.74, 6) is -0.282. The van der Waals surface area contributed by atoms with Crippen molar-refractivity contribution in [2.45, 2.75) is 63.8 Å². The standard InChI is InChI=1S/C26H30ClNO4S/c1-6-20-8-10-22(11-9-20)33(31)25-18(4)24(26(29)30)28(19(25)5)12-7-13-32-21-14-16(2)23(27)17(3)15-21/h8-11,14-15H,6-7,12-13H2,1-5H3,(H,29,30). The Labute approximate surface area is 203 Å². The maximum Gasteiger partial charge on any atom is 0.352 e. The lowest BCUT2D eigenvalue weighted by Gasteiger charge is -2.13. The third-order valence-electron chi connectivity index (χ3n) is 5.84. The van der Waals surface area contributed by atoms with Gasteiger partial charge in [0.1, 0.15) is 11.4 Å². The van der Waals surface area contributed by atoms with Crippen LogP contribution in [-0.2, 0) is 24.1 Å². The largest absolute Gasteiger partial charge is 0.606 e. The molecule has 1 heterocycles. The first-order valence-electron chi connectivity index (χ1n) is 11.0. The second-order valence-corrected chi connectivity index (χ2v) is 9.98. The van der Waals surface area contributed by atoms with E-state index in [1.54, 1.807) is 11.5 Å². The molecule has 1 unspecified atom stereocenters. The fourth-order valence-corrected chi connectivity index (χ4v) is 5.55. The third kappa shape index (κ3) is 5.40. The Morgan fingerprint density at radius 3 is 2.27 bits per heavy atom. The summed E-state index contributed by atoms with van der Waals surface area (Å²) in [6.07, 6.45) is 1.51. The van der Waals surface area contributed by atoms with Gasteiger partial charge in [-0.2, -0.15) is 0 Å². The summed E-state index contributed by atoms with van der Waals surface area (Å²) >= 11 is 4.76. The van der Waals surface area contributed by atoms with Crippen LogP contribution < -0.4 is 4.74 Å². The number of rotatable bonds is 9. The monoisotopic (exact) mass is 487 g/mol. The van der Waals surface area contributed by atoms with Crippen LogP contribution in [0.3, 0.4) is 0 Å². The number of hydrogen-bond acceptors (Lipinski definition) is 3. The number of aryl methyl sites for hydroxylation is 3. The van der Waals surface area contributed by atoms with Crippen LogP contribution in [0.25, 0.3) is 0 Å². The summed E-state index contributed by atoms with van der Waals surface area (Å²) in [7, 11) is 0. The topological polar surface area (TPSA) is 74.5 Å². The highest BCUT2D eigenvalue weighted by atomic mass is 35.5. The maximum atomic E-state index is 13.4. The van der Waals surface area contributed by atoms with Gasteiger partial charge in [0.2, 0.25) is 0 Å². The average molecular weight is 488 g/mol. The average Bonchev–Trinajstić information content (AvgIpc) is 3.04. The number of carbonyl (C=O) groups is 1. The number of carboxylic acids is 1. The Hall–Kier alpha value is -2.41. The van der Waals surface area contributed by atoms with Gasteiger partial charge in [-0.15, -0.1) is 0 Å². The van der Waals surface area contributed by atoms with Crippen molar-refractivity contribution in [3.8, 4) is 5.75 Å². The summed E-state index contributed by atoms with van der Waals surface area (Å²) in [5.41, 5.74) is 4.51. The molecule has 0 aliphatic rings. The minimum atomic E-state index is -1.46. The minimum absolute atomic E-state index is 0.180. The summed E-state index contributed by atoms with van der Waals surface area (Å²) in [5, 5.41) is 10.6. The number of nitrogens with zero attached hydrogens (tertiary/aromatic N) is 1. The number of ether oxygens (including phenoxy) is 1. The highest BCUT2D eigenvalue weighted by Gasteiger charge is 2.30. The van der Waals surface area contributed by atoms with Crippen LogP contribution in [0, 0.1) is 27.7 Å². The Morgan fingerprint density at radius 1 is 1.12 bits per heavy atom. The first-order chi connectivity index (χ1) is 15.6. The number of aromatic nitrogens is 1. The Balaban J connectivity index is 1.79. The lowest BCUT2D eigenvalue weighted by atomic mass is 10.1. The van der Waals surface area contributed by atoms with E-state index in [0.29, 0.717) is 40.6 Å². The second kappa shape index (κ2) is 10.7. The molecule has 0 radical (unpaired) electrons. The zero-order valence-electron chi connectivity index (χ0n) is 19.7. The molecular formula is C26H30ClNO4S.